The molecule has 3 rings (SSSR count). The van der Waals surface area contributed by atoms with E-state index in [0.29, 0.717) is 13.0 Å². The summed E-state index contributed by atoms with van der Waals surface area (Å²) in [5.41, 5.74) is 5.15. The number of nitrogens with one attached hydrogen (secondary N) is 1. The number of fused-ring (bicyclic) bond motifs is 1. The number of rotatable bonds is 6. The van der Waals surface area contributed by atoms with Crippen molar-refractivity contribution in [3.05, 3.63) is 71.0 Å². The van der Waals surface area contributed by atoms with Crippen molar-refractivity contribution in [1.29, 1.82) is 0 Å². The summed E-state index contributed by atoms with van der Waals surface area (Å²) in [6.07, 6.45) is 1.81. The van der Waals surface area contributed by atoms with E-state index in [4.69, 9.17) is 9.15 Å². The third-order valence-corrected chi connectivity index (χ3v) is 4.56. The number of amides is 1. The van der Waals surface area contributed by atoms with Crippen LogP contribution in [0.1, 0.15) is 28.4 Å². The summed E-state index contributed by atoms with van der Waals surface area (Å²) in [4.78, 5) is 12.3. The minimum absolute atomic E-state index is 0.0427. The Morgan fingerprint density at radius 2 is 1.88 bits per heavy atom. The Labute approximate surface area is 147 Å². The van der Waals surface area contributed by atoms with E-state index in [0.717, 1.165) is 22.1 Å². The highest BCUT2D eigenvalue weighted by Gasteiger charge is 2.14. The minimum Gasteiger partial charge on any atom is -0.464 e. The summed E-state index contributed by atoms with van der Waals surface area (Å²) >= 11 is 0. The number of hydrogen-bond donors (Lipinski definition) is 1. The Morgan fingerprint density at radius 1 is 1.16 bits per heavy atom. The van der Waals surface area contributed by atoms with Crippen LogP contribution in [0, 0.1) is 13.8 Å². The molecule has 1 atom stereocenters. The molecule has 0 aliphatic heterocycles. The van der Waals surface area contributed by atoms with Gasteiger partial charge in [-0.2, -0.15) is 0 Å². The monoisotopic (exact) mass is 337 g/mol. The van der Waals surface area contributed by atoms with Gasteiger partial charge in [-0.25, -0.2) is 0 Å². The first-order valence-electron chi connectivity index (χ1n) is 8.40. The van der Waals surface area contributed by atoms with Crippen LogP contribution in [0.3, 0.4) is 0 Å². The number of ether oxygens (including phenoxy) is 1. The van der Waals surface area contributed by atoms with E-state index in [9.17, 15) is 4.79 Å². The van der Waals surface area contributed by atoms with Gasteiger partial charge in [-0.15, -0.1) is 0 Å². The molecule has 1 heterocycles. The van der Waals surface area contributed by atoms with Gasteiger partial charge < -0.3 is 14.5 Å². The number of benzene rings is 2. The normalized spacial score (nSPS) is 12.3. The molecule has 0 radical (unpaired) electrons. The average molecular weight is 337 g/mol. The summed E-state index contributed by atoms with van der Waals surface area (Å²) in [5, 5.41) is 3.96. The number of aryl methyl sites for hydroxylation is 2. The van der Waals surface area contributed by atoms with Gasteiger partial charge in [0.05, 0.1) is 18.8 Å². The summed E-state index contributed by atoms with van der Waals surface area (Å²) in [7, 11) is 1.65. The lowest BCUT2D eigenvalue weighted by atomic mass is 10.0. The molecule has 0 saturated carbocycles. The quantitative estimate of drug-likeness (QED) is 0.737. The second kappa shape index (κ2) is 7.53. The van der Waals surface area contributed by atoms with E-state index in [1.807, 2.05) is 36.4 Å². The molecule has 25 heavy (non-hydrogen) atoms. The SMILES string of the molecule is CO[C@@H](CNC(=O)Cc1coc2cc(C)c(C)cc12)c1ccccc1. The van der Waals surface area contributed by atoms with Crippen molar-refractivity contribution in [3.63, 3.8) is 0 Å². The van der Waals surface area contributed by atoms with Crippen molar-refractivity contribution >= 4 is 16.9 Å². The van der Waals surface area contributed by atoms with Gasteiger partial charge in [0.15, 0.2) is 0 Å². The lowest BCUT2D eigenvalue weighted by molar-refractivity contribution is -0.121. The second-order valence-electron chi connectivity index (χ2n) is 6.31. The molecule has 0 unspecified atom stereocenters. The van der Waals surface area contributed by atoms with Crippen molar-refractivity contribution < 1.29 is 13.9 Å². The molecule has 1 amide bonds. The molecule has 0 fully saturated rings. The van der Waals surface area contributed by atoms with E-state index in [1.165, 1.54) is 11.1 Å². The Morgan fingerprint density at radius 3 is 2.60 bits per heavy atom. The first-order valence-corrected chi connectivity index (χ1v) is 8.40. The van der Waals surface area contributed by atoms with Crippen LogP contribution < -0.4 is 5.32 Å². The van der Waals surface area contributed by atoms with Crippen LogP contribution in [0.4, 0.5) is 0 Å². The number of furan rings is 1. The zero-order valence-electron chi connectivity index (χ0n) is 14.8. The molecule has 0 aliphatic carbocycles. The van der Waals surface area contributed by atoms with Crippen LogP contribution in [0.5, 0.6) is 0 Å². The Kier molecular flexibility index (Phi) is 5.19. The van der Waals surface area contributed by atoms with Crippen LogP contribution in [0.15, 0.2) is 53.1 Å². The van der Waals surface area contributed by atoms with Gasteiger partial charge in [0, 0.05) is 24.6 Å². The first-order chi connectivity index (χ1) is 12.1. The maximum absolute atomic E-state index is 12.3. The smallest absolute Gasteiger partial charge is 0.224 e. The average Bonchev–Trinajstić information content (AvgIpc) is 2.98. The predicted octanol–water partition coefficient (Wildman–Crippen LogP) is 4.10. The van der Waals surface area contributed by atoms with Crippen LogP contribution in [-0.4, -0.2) is 19.6 Å². The molecule has 130 valence electrons. The van der Waals surface area contributed by atoms with Crippen LogP contribution in [0.25, 0.3) is 11.0 Å². The lowest BCUT2D eigenvalue weighted by Gasteiger charge is -2.16. The maximum Gasteiger partial charge on any atom is 0.224 e. The maximum atomic E-state index is 12.3. The van der Waals surface area contributed by atoms with Crippen molar-refractivity contribution in [1.82, 2.24) is 5.32 Å². The molecule has 4 heteroatoms. The van der Waals surface area contributed by atoms with Crippen LogP contribution in [-0.2, 0) is 16.0 Å². The Balaban J connectivity index is 1.66. The largest absolute Gasteiger partial charge is 0.464 e. The van der Waals surface area contributed by atoms with Crippen molar-refractivity contribution in [2.75, 3.05) is 13.7 Å². The third-order valence-electron chi connectivity index (χ3n) is 4.56. The molecule has 1 N–H and O–H groups in total. The van der Waals surface area contributed by atoms with Crippen molar-refractivity contribution in [2.45, 2.75) is 26.4 Å². The van der Waals surface area contributed by atoms with E-state index in [2.05, 4.69) is 25.2 Å². The van der Waals surface area contributed by atoms with Gasteiger partial charge in [-0.3, -0.25) is 4.79 Å². The van der Waals surface area contributed by atoms with Gasteiger partial charge in [-0.1, -0.05) is 30.3 Å². The molecular weight excluding hydrogens is 314 g/mol. The summed E-state index contributed by atoms with van der Waals surface area (Å²) < 4.78 is 11.1. The molecule has 0 bridgehead atoms. The van der Waals surface area contributed by atoms with Crippen LogP contribution >= 0.6 is 0 Å². The van der Waals surface area contributed by atoms with Gasteiger partial charge in [0.25, 0.3) is 0 Å². The minimum atomic E-state index is -0.156. The fraction of sp³-hybridized carbons (Fsp3) is 0.286. The Hall–Kier alpha value is -2.59. The van der Waals surface area contributed by atoms with Gasteiger partial charge in [-0.05, 0) is 42.7 Å². The van der Waals surface area contributed by atoms with Gasteiger partial charge >= 0.3 is 0 Å². The predicted molar refractivity (Wildman–Crippen MR) is 98.6 cm³/mol. The molecule has 0 saturated heterocycles. The second-order valence-corrected chi connectivity index (χ2v) is 6.31. The highest BCUT2D eigenvalue weighted by Crippen LogP contribution is 2.25. The molecule has 0 spiro atoms. The number of carbonyl (C=O) groups excluding carboxylic acids is 1. The first kappa shape index (κ1) is 17.2. The summed E-state index contributed by atoms with van der Waals surface area (Å²) in [6.45, 7) is 4.56. The highest BCUT2D eigenvalue weighted by atomic mass is 16.5. The van der Waals surface area contributed by atoms with Crippen molar-refractivity contribution in [2.24, 2.45) is 0 Å². The molecule has 0 aliphatic rings. The molecule has 4 nitrogen and oxygen atoms in total. The number of methoxy groups -OCH3 is 1. The fourth-order valence-corrected chi connectivity index (χ4v) is 2.92. The fourth-order valence-electron chi connectivity index (χ4n) is 2.92. The molecule has 1 aromatic heterocycles. The lowest BCUT2D eigenvalue weighted by Crippen LogP contribution is -2.30. The number of hydrogen-bond acceptors (Lipinski definition) is 3. The van der Waals surface area contributed by atoms with E-state index < -0.39 is 0 Å². The highest BCUT2D eigenvalue weighted by molar-refractivity contribution is 5.88. The molecule has 2 aromatic carbocycles. The number of carbonyl (C=O) groups is 1. The van der Waals surface area contributed by atoms with E-state index >= 15 is 0 Å². The topological polar surface area (TPSA) is 51.5 Å². The van der Waals surface area contributed by atoms with Crippen LogP contribution in [0.2, 0.25) is 0 Å². The molecule has 3 aromatic rings. The van der Waals surface area contributed by atoms with E-state index in [-0.39, 0.29) is 12.0 Å². The third kappa shape index (κ3) is 3.91. The zero-order chi connectivity index (χ0) is 17.8. The standard InChI is InChI=1S/C21H23NO3/c1-14-9-18-17(13-25-19(18)10-15(14)2)11-21(23)22-12-20(24-3)16-7-5-4-6-8-16/h4-10,13,20H,11-12H2,1-3H3,(H,22,23)/t20-/m0/s1. The van der Waals surface area contributed by atoms with E-state index in [1.54, 1.807) is 13.4 Å². The summed E-state index contributed by atoms with van der Waals surface area (Å²) in [5.74, 6) is -0.0427. The van der Waals surface area contributed by atoms with Gasteiger partial charge in [0.2, 0.25) is 5.91 Å². The van der Waals surface area contributed by atoms with Crippen molar-refractivity contribution in [3.8, 4) is 0 Å². The molecular formula is C21H23NO3. The Bertz CT molecular complexity index is 867. The zero-order valence-corrected chi connectivity index (χ0v) is 14.8. The summed E-state index contributed by atoms with van der Waals surface area (Å²) in [6, 6.07) is 14.0. The van der Waals surface area contributed by atoms with Gasteiger partial charge in [0.1, 0.15) is 5.58 Å².